The lowest BCUT2D eigenvalue weighted by Crippen LogP contribution is -2.27. The second-order valence-corrected chi connectivity index (χ2v) is 5.73. The minimum atomic E-state index is -0.983. The second kappa shape index (κ2) is 6.26. The topological polar surface area (TPSA) is 57.6 Å². The molecule has 2 aromatic carbocycles. The Kier molecular flexibility index (Phi) is 4.62. The predicted molar refractivity (Wildman–Crippen MR) is 90.0 cm³/mol. The molecule has 21 heavy (non-hydrogen) atoms. The Morgan fingerprint density at radius 2 is 1.71 bits per heavy atom. The molecular formula is C16H14INO3. The first-order valence-electron chi connectivity index (χ1n) is 6.28. The highest BCUT2D eigenvalue weighted by Gasteiger charge is 2.17. The number of carbonyl (C=O) groups is 2. The van der Waals surface area contributed by atoms with E-state index in [4.69, 9.17) is 5.11 Å². The molecule has 2 aromatic rings. The number of anilines is 1. The molecular weight excluding hydrogens is 381 g/mol. The van der Waals surface area contributed by atoms with Gasteiger partial charge in [0.2, 0.25) is 0 Å². The van der Waals surface area contributed by atoms with Crippen molar-refractivity contribution in [1.29, 1.82) is 0 Å². The average Bonchev–Trinajstić information content (AvgIpc) is 2.48. The van der Waals surface area contributed by atoms with Crippen LogP contribution in [0, 0.1) is 10.5 Å². The van der Waals surface area contributed by atoms with E-state index >= 15 is 0 Å². The second-order valence-electron chi connectivity index (χ2n) is 4.65. The molecule has 0 fully saturated rings. The van der Waals surface area contributed by atoms with E-state index in [0.717, 1.165) is 9.13 Å². The molecule has 0 aliphatic heterocycles. The number of halogens is 1. The van der Waals surface area contributed by atoms with E-state index < -0.39 is 5.97 Å². The lowest BCUT2D eigenvalue weighted by atomic mass is 10.1. The van der Waals surface area contributed by atoms with Gasteiger partial charge in [-0.15, -0.1) is 0 Å². The number of amides is 1. The fourth-order valence-corrected chi connectivity index (χ4v) is 2.53. The quantitative estimate of drug-likeness (QED) is 0.809. The molecule has 0 heterocycles. The summed E-state index contributed by atoms with van der Waals surface area (Å²) in [5, 5.41) is 8.89. The van der Waals surface area contributed by atoms with Crippen molar-refractivity contribution in [2.75, 3.05) is 11.9 Å². The number of nitrogens with zero attached hydrogens (tertiary/aromatic N) is 1. The Morgan fingerprint density at radius 1 is 1.10 bits per heavy atom. The standard InChI is InChI=1S/C16H14INO3/c1-10-4-3-5-13(14(10)17)15(19)18(2)12-8-6-11(7-9-12)16(20)21/h3-9H,1-2H3,(H,20,21). The van der Waals surface area contributed by atoms with Crippen LogP contribution in [0.2, 0.25) is 0 Å². The molecule has 0 unspecified atom stereocenters. The first-order chi connectivity index (χ1) is 9.91. The van der Waals surface area contributed by atoms with Crippen LogP contribution in [-0.4, -0.2) is 24.0 Å². The molecule has 0 aliphatic carbocycles. The molecule has 0 saturated heterocycles. The first kappa shape index (κ1) is 15.5. The minimum absolute atomic E-state index is 0.119. The number of carboxylic acids is 1. The van der Waals surface area contributed by atoms with Crippen LogP contribution in [-0.2, 0) is 0 Å². The molecule has 0 aromatic heterocycles. The van der Waals surface area contributed by atoms with E-state index in [9.17, 15) is 9.59 Å². The van der Waals surface area contributed by atoms with Crippen molar-refractivity contribution >= 4 is 40.2 Å². The number of aromatic carboxylic acids is 1. The van der Waals surface area contributed by atoms with Crippen LogP contribution in [0.3, 0.4) is 0 Å². The molecule has 0 atom stereocenters. The number of carboxylic acid groups (broad SMARTS) is 1. The zero-order chi connectivity index (χ0) is 15.6. The zero-order valence-electron chi connectivity index (χ0n) is 11.6. The van der Waals surface area contributed by atoms with E-state index in [2.05, 4.69) is 22.6 Å². The monoisotopic (exact) mass is 395 g/mol. The fourth-order valence-electron chi connectivity index (χ4n) is 1.94. The van der Waals surface area contributed by atoms with Crippen molar-refractivity contribution in [3.8, 4) is 0 Å². The van der Waals surface area contributed by atoms with Gasteiger partial charge >= 0.3 is 5.97 Å². The largest absolute Gasteiger partial charge is 0.478 e. The molecule has 1 amide bonds. The van der Waals surface area contributed by atoms with Crippen LogP contribution in [0.4, 0.5) is 5.69 Å². The normalized spacial score (nSPS) is 10.2. The summed E-state index contributed by atoms with van der Waals surface area (Å²) in [5.41, 5.74) is 2.54. The van der Waals surface area contributed by atoms with E-state index in [0.29, 0.717) is 11.3 Å². The van der Waals surface area contributed by atoms with Crippen LogP contribution in [0.25, 0.3) is 0 Å². The Morgan fingerprint density at radius 3 is 2.29 bits per heavy atom. The third kappa shape index (κ3) is 3.24. The molecule has 0 aliphatic rings. The molecule has 5 heteroatoms. The maximum Gasteiger partial charge on any atom is 0.335 e. The Hall–Kier alpha value is -1.89. The zero-order valence-corrected chi connectivity index (χ0v) is 13.8. The number of hydrogen-bond acceptors (Lipinski definition) is 2. The van der Waals surface area contributed by atoms with Crippen molar-refractivity contribution in [2.45, 2.75) is 6.92 Å². The van der Waals surface area contributed by atoms with Gasteiger partial charge in [-0.05, 0) is 65.4 Å². The third-order valence-corrected chi connectivity index (χ3v) is 4.66. The maximum atomic E-state index is 12.5. The van der Waals surface area contributed by atoms with Crippen molar-refractivity contribution in [1.82, 2.24) is 0 Å². The van der Waals surface area contributed by atoms with Crippen LogP contribution >= 0.6 is 22.6 Å². The summed E-state index contributed by atoms with van der Waals surface area (Å²) in [5.74, 6) is -1.10. The molecule has 0 radical (unpaired) electrons. The summed E-state index contributed by atoms with van der Waals surface area (Å²) in [6.07, 6.45) is 0. The third-order valence-electron chi connectivity index (χ3n) is 3.23. The average molecular weight is 395 g/mol. The van der Waals surface area contributed by atoms with Gasteiger partial charge in [0.05, 0.1) is 11.1 Å². The number of carbonyl (C=O) groups excluding carboxylic acids is 1. The van der Waals surface area contributed by atoms with Crippen molar-refractivity contribution in [3.05, 3.63) is 62.7 Å². The number of hydrogen-bond donors (Lipinski definition) is 1. The van der Waals surface area contributed by atoms with Gasteiger partial charge in [-0.25, -0.2) is 4.79 Å². The van der Waals surface area contributed by atoms with Crippen molar-refractivity contribution in [3.63, 3.8) is 0 Å². The van der Waals surface area contributed by atoms with Crippen LogP contribution in [0.15, 0.2) is 42.5 Å². The Bertz CT molecular complexity index is 695. The maximum absolute atomic E-state index is 12.5. The summed E-state index contributed by atoms with van der Waals surface area (Å²) in [6, 6.07) is 11.8. The molecule has 108 valence electrons. The molecule has 1 N–H and O–H groups in total. The van der Waals surface area contributed by atoms with Gasteiger partial charge in [-0.3, -0.25) is 4.79 Å². The van der Waals surface area contributed by atoms with Crippen LogP contribution < -0.4 is 4.90 Å². The van der Waals surface area contributed by atoms with Gasteiger partial charge in [-0.2, -0.15) is 0 Å². The Labute approximate surface area is 136 Å². The summed E-state index contributed by atoms with van der Waals surface area (Å²) >= 11 is 2.16. The summed E-state index contributed by atoms with van der Waals surface area (Å²) < 4.78 is 0.925. The van der Waals surface area contributed by atoms with Gasteiger partial charge in [0, 0.05) is 16.3 Å². The van der Waals surface area contributed by atoms with Gasteiger partial charge in [-0.1, -0.05) is 12.1 Å². The van der Waals surface area contributed by atoms with Gasteiger partial charge in [0.1, 0.15) is 0 Å². The van der Waals surface area contributed by atoms with Crippen LogP contribution in [0.1, 0.15) is 26.3 Å². The number of benzene rings is 2. The van der Waals surface area contributed by atoms with Crippen LogP contribution in [0.5, 0.6) is 0 Å². The van der Waals surface area contributed by atoms with E-state index in [1.54, 1.807) is 25.2 Å². The van der Waals surface area contributed by atoms with E-state index in [-0.39, 0.29) is 11.5 Å². The van der Waals surface area contributed by atoms with Crippen molar-refractivity contribution in [2.24, 2.45) is 0 Å². The van der Waals surface area contributed by atoms with E-state index in [1.807, 2.05) is 19.1 Å². The highest BCUT2D eigenvalue weighted by Crippen LogP contribution is 2.21. The van der Waals surface area contributed by atoms with Gasteiger partial charge < -0.3 is 10.0 Å². The summed E-state index contributed by atoms with van der Waals surface area (Å²) in [6.45, 7) is 1.96. The summed E-state index contributed by atoms with van der Waals surface area (Å²) in [7, 11) is 1.68. The Balaban J connectivity index is 2.30. The summed E-state index contributed by atoms with van der Waals surface area (Å²) in [4.78, 5) is 24.9. The van der Waals surface area contributed by atoms with Crippen molar-refractivity contribution < 1.29 is 14.7 Å². The number of rotatable bonds is 3. The molecule has 0 spiro atoms. The lowest BCUT2D eigenvalue weighted by Gasteiger charge is -2.19. The fraction of sp³-hybridized carbons (Fsp3) is 0.125. The molecule has 4 nitrogen and oxygen atoms in total. The highest BCUT2D eigenvalue weighted by atomic mass is 127. The first-order valence-corrected chi connectivity index (χ1v) is 7.36. The highest BCUT2D eigenvalue weighted by molar-refractivity contribution is 14.1. The minimum Gasteiger partial charge on any atom is -0.478 e. The predicted octanol–water partition coefficient (Wildman–Crippen LogP) is 3.57. The smallest absolute Gasteiger partial charge is 0.335 e. The SMILES string of the molecule is Cc1cccc(C(=O)N(C)c2ccc(C(=O)O)cc2)c1I. The molecule has 2 rings (SSSR count). The molecule has 0 bridgehead atoms. The van der Waals surface area contributed by atoms with E-state index in [1.165, 1.54) is 17.0 Å². The number of aryl methyl sites for hydroxylation is 1. The molecule has 0 saturated carbocycles. The lowest BCUT2D eigenvalue weighted by molar-refractivity contribution is 0.0696. The van der Waals surface area contributed by atoms with Gasteiger partial charge in [0.25, 0.3) is 5.91 Å². The van der Waals surface area contributed by atoms with Gasteiger partial charge in [0.15, 0.2) is 0 Å².